The van der Waals surface area contributed by atoms with E-state index >= 15 is 0 Å². The predicted octanol–water partition coefficient (Wildman–Crippen LogP) is 1.80. The van der Waals surface area contributed by atoms with E-state index in [1.54, 1.807) is 18.5 Å². The fourth-order valence-corrected chi connectivity index (χ4v) is 2.34. The average molecular weight is 311 g/mol. The van der Waals surface area contributed by atoms with Gasteiger partial charge in [-0.3, -0.25) is 14.6 Å². The number of hydrogen-bond donors (Lipinski definition) is 2. The number of pyridine rings is 1. The molecule has 2 amide bonds. The Kier molecular flexibility index (Phi) is 4.23. The summed E-state index contributed by atoms with van der Waals surface area (Å²) in [6, 6.07) is 9.18. The standard InChI is InChI=1S/C17H17N3O3/c1-11-2-3-14-13(8-11)20-17(22)15(23-14)9-16(21)19-10-12-4-6-18-7-5-12/h2-8,15H,9-10H2,1H3,(H,19,21)(H,20,22). The highest BCUT2D eigenvalue weighted by atomic mass is 16.5. The van der Waals surface area contributed by atoms with Gasteiger partial charge in [0.05, 0.1) is 12.1 Å². The van der Waals surface area contributed by atoms with E-state index < -0.39 is 6.10 Å². The molecule has 6 heteroatoms. The number of benzene rings is 1. The van der Waals surface area contributed by atoms with E-state index in [9.17, 15) is 9.59 Å². The lowest BCUT2D eigenvalue weighted by Crippen LogP contribution is -2.40. The number of anilines is 1. The van der Waals surface area contributed by atoms with Gasteiger partial charge in [-0.15, -0.1) is 0 Å². The molecule has 0 aliphatic carbocycles. The lowest BCUT2D eigenvalue weighted by molar-refractivity contribution is -0.130. The van der Waals surface area contributed by atoms with Crippen LogP contribution in [0.2, 0.25) is 0 Å². The van der Waals surface area contributed by atoms with Gasteiger partial charge in [-0.1, -0.05) is 6.07 Å². The Balaban J connectivity index is 1.58. The molecule has 118 valence electrons. The maximum absolute atomic E-state index is 12.1. The summed E-state index contributed by atoms with van der Waals surface area (Å²) in [5, 5.41) is 5.55. The first-order valence-corrected chi connectivity index (χ1v) is 7.35. The molecule has 0 saturated carbocycles. The van der Waals surface area contributed by atoms with E-state index in [0.717, 1.165) is 11.1 Å². The lowest BCUT2D eigenvalue weighted by atomic mass is 10.1. The summed E-state index contributed by atoms with van der Waals surface area (Å²) in [4.78, 5) is 28.0. The quantitative estimate of drug-likeness (QED) is 0.902. The van der Waals surface area contributed by atoms with E-state index in [0.29, 0.717) is 18.0 Å². The minimum atomic E-state index is -0.817. The summed E-state index contributed by atoms with van der Waals surface area (Å²) in [7, 11) is 0. The second kappa shape index (κ2) is 6.48. The summed E-state index contributed by atoms with van der Waals surface area (Å²) in [6.07, 6.45) is 2.49. The van der Waals surface area contributed by atoms with Crippen molar-refractivity contribution < 1.29 is 14.3 Å². The number of ether oxygens (including phenoxy) is 1. The molecule has 0 saturated heterocycles. The van der Waals surface area contributed by atoms with Crippen molar-refractivity contribution in [2.24, 2.45) is 0 Å². The molecule has 2 aromatic rings. The number of carbonyl (C=O) groups is 2. The average Bonchev–Trinajstić information content (AvgIpc) is 2.55. The first kappa shape index (κ1) is 15.0. The Morgan fingerprint density at radius 2 is 2.09 bits per heavy atom. The van der Waals surface area contributed by atoms with Gasteiger partial charge < -0.3 is 15.4 Å². The molecule has 1 aromatic carbocycles. The first-order chi connectivity index (χ1) is 11.1. The molecule has 1 aromatic heterocycles. The van der Waals surface area contributed by atoms with Crippen LogP contribution in [0.15, 0.2) is 42.7 Å². The molecule has 1 unspecified atom stereocenters. The van der Waals surface area contributed by atoms with Crippen LogP contribution < -0.4 is 15.4 Å². The van der Waals surface area contributed by atoms with Crippen molar-refractivity contribution in [3.63, 3.8) is 0 Å². The molecule has 0 fully saturated rings. The van der Waals surface area contributed by atoms with Crippen molar-refractivity contribution in [2.45, 2.75) is 26.0 Å². The molecule has 2 heterocycles. The van der Waals surface area contributed by atoms with Crippen molar-refractivity contribution in [2.75, 3.05) is 5.32 Å². The Labute approximate surface area is 133 Å². The van der Waals surface area contributed by atoms with E-state index in [2.05, 4.69) is 15.6 Å². The molecule has 2 N–H and O–H groups in total. The van der Waals surface area contributed by atoms with Gasteiger partial charge in [-0.2, -0.15) is 0 Å². The number of aromatic nitrogens is 1. The van der Waals surface area contributed by atoms with Crippen LogP contribution in [0.5, 0.6) is 5.75 Å². The smallest absolute Gasteiger partial charge is 0.266 e. The zero-order chi connectivity index (χ0) is 16.2. The number of amides is 2. The van der Waals surface area contributed by atoms with Gasteiger partial charge in [0.2, 0.25) is 5.91 Å². The van der Waals surface area contributed by atoms with Crippen molar-refractivity contribution in [3.8, 4) is 5.75 Å². The van der Waals surface area contributed by atoms with E-state index in [1.807, 2.05) is 31.2 Å². The summed E-state index contributed by atoms with van der Waals surface area (Å²) in [5.74, 6) is 0.0434. The van der Waals surface area contributed by atoms with E-state index in [1.165, 1.54) is 0 Å². The fraction of sp³-hybridized carbons (Fsp3) is 0.235. The second-order valence-corrected chi connectivity index (χ2v) is 5.43. The Hall–Kier alpha value is -2.89. The lowest BCUT2D eigenvalue weighted by Gasteiger charge is -2.25. The van der Waals surface area contributed by atoms with Crippen LogP contribution >= 0.6 is 0 Å². The highest BCUT2D eigenvalue weighted by molar-refractivity contribution is 6.00. The number of fused-ring (bicyclic) bond motifs is 1. The summed E-state index contributed by atoms with van der Waals surface area (Å²) in [5.41, 5.74) is 2.62. The van der Waals surface area contributed by atoms with Crippen LogP contribution in [0.25, 0.3) is 0 Å². The van der Waals surface area contributed by atoms with E-state index in [-0.39, 0.29) is 18.2 Å². The molecule has 6 nitrogen and oxygen atoms in total. The predicted molar refractivity (Wildman–Crippen MR) is 84.9 cm³/mol. The van der Waals surface area contributed by atoms with Gasteiger partial charge in [0, 0.05) is 18.9 Å². The Morgan fingerprint density at radius 1 is 1.30 bits per heavy atom. The first-order valence-electron chi connectivity index (χ1n) is 7.35. The second-order valence-electron chi connectivity index (χ2n) is 5.43. The summed E-state index contributed by atoms with van der Waals surface area (Å²) in [6.45, 7) is 2.33. The van der Waals surface area contributed by atoms with Crippen molar-refractivity contribution in [1.82, 2.24) is 10.3 Å². The number of nitrogens with one attached hydrogen (secondary N) is 2. The van der Waals surface area contributed by atoms with Crippen LogP contribution in [0.3, 0.4) is 0 Å². The normalized spacial score (nSPS) is 16.0. The van der Waals surface area contributed by atoms with E-state index in [4.69, 9.17) is 4.74 Å². The van der Waals surface area contributed by atoms with Crippen molar-refractivity contribution in [3.05, 3.63) is 53.9 Å². The monoisotopic (exact) mass is 311 g/mol. The van der Waals surface area contributed by atoms with Gasteiger partial charge in [-0.05, 0) is 42.3 Å². The zero-order valence-electron chi connectivity index (χ0n) is 12.7. The number of carbonyl (C=O) groups excluding carboxylic acids is 2. The third kappa shape index (κ3) is 3.66. The van der Waals surface area contributed by atoms with Crippen LogP contribution in [0.1, 0.15) is 17.5 Å². The topological polar surface area (TPSA) is 80.3 Å². The molecule has 0 spiro atoms. The minimum Gasteiger partial charge on any atom is -0.478 e. The highest BCUT2D eigenvalue weighted by Crippen LogP contribution is 2.30. The highest BCUT2D eigenvalue weighted by Gasteiger charge is 2.29. The molecular formula is C17H17N3O3. The van der Waals surface area contributed by atoms with Crippen LogP contribution in [0.4, 0.5) is 5.69 Å². The third-order valence-corrected chi connectivity index (χ3v) is 3.56. The molecule has 1 aliphatic rings. The number of nitrogens with zero attached hydrogens (tertiary/aromatic N) is 1. The molecule has 1 atom stereocenters. The molecule has 1 aliphatic heterocycles. The Bertz CT molecular complexity index is 731. The van der Waals surface area contributed by atoms with Crippen LogP contribution in [0, 0.1) is 6.92 Å². The van der Waals surface area contributed by atoms with Gasteiger partial charge >= 0.3 is 0 Å². The van der Waals surface area contributed by atoms with Crippen LogP contribution in [-0.2, 0) is 16.1 Å². The molecule has 23 heavy (non-hydrogen) atoms. The largest absolute Gasteiger partial charge is 0.478 e. The summed E-state index contributed by atoms with van der Waals surface area (Å²) < 4.78 is 5.64. The van der Waals surface area contributed by atoms with Gasteiger partial charge in [0.15, 0.2) is 6.10 Å². The molecule has 3 rings (SSSR count). The van der Waals surface area contributed by atoms with Crippen LogP contribution in [-0.4, -0.2) is 22.9 Å². The summed E-state index contributed by atoms with van der Waals surface area (Å²) >= 11 is 0. The van der Waals surface area contributed by atoms with Gasteiger partial charge in [0.1, 0.15) is 5.75 Å². The molecule has 0 radical (unpaired) electrons. The molecular weight excluding hydrogens is 294 g/mol. The minimum absolute atomic E-state index is 0.0236. The number of rotatable bonds is 4. The maximum atomic E-state index is 12.1. The number of hydrogen-bond acceptors (Lipinski definition) is 4. The maximum Gasteiger partial charge on any atom is 0.266 e. The zero-order valence-corrected chi connectivity index (χ0v) is 12.7. The fourth-order valence-electron chi connectivity index (χ4n) is 2.34. The number of aryl methyl sites for hydroxylation is 1. The van der Waals surface area contributed by atoms with Gasteiger partial charge in [-0.25, -0.2) is 0 Å². The Morgan fingerprint density at radius 3 is 2.87 bits per heavy atom. The third-order valence-electron chi connectivity index (χ3n) is 3.56. The molecule has 0 bridgehead atoms. The van der Waals surface area contributed by atoms with Crippen molar-refractivity contribution >= 4 is 17.5 Å². The van der Waals surface area contributed by atoms with Gasteiger partial charge in [0.25, 0.3) is 5.91 Å². The SMILES string of the molecule is Cc1ccc2c(c1)NC(=O)C(CC(=O)NCc1ccncc1)O2. The van der Waals surface area contributed by atoms with Crippen molar-refractivity contribution in [1.29, 1.82) is 0 Å².